The Morgan fingerprint density at radius 2 is 1.55 bits per heavy atom. The number of aldehydes is 1. The minimum Gasteiger partial charge on any atom is -0.494 e. The average Bonchev–Trinajstić information content (AvgIpc) is 2.87. The molecule has 0 N–H and O–H groups in total. The molecular formula is C29H35NO3. The standard InChI is InChI=1S/C29H35NO3/c1-2-3-4-5-6-7-8-12-17-32-28-19-25(22-31)18-27(20-28)26-15-16-30-29(21-26)33-23-24-13-10-9-11-14-24/h9-11,13-16,18-22H,2-8,12,17,23H2,1H3. The molecule has 4 heteroatoms. The predicted octanol–water partition coefficient (Wildman–Crippen LogP) is 7.66. The van der Waals surface area contributed by atoms with E-state index in [1.165, 1.54) is 44.9 Å². The van der Waals surface area contributed by atoms with Gasteiger partial charge < -0.3 is 9.47 Å². The number of carbonyl (C=O) groups is 1. The maximum atomic E-state index is 11.5. The van der Waals surface area contributed by atoms with Gasteiger partial charge in [-0.25, -0.2) is 4.98 Å². The van der Waals surface area contributed by atoms with Crippen LogP contribution in [-0.4, -0.2) is 17.9 Å². The van der Waals surface area contributed by atoms with Crippen LogP contribution in [0.5, 0.6) is 11.6 Å². The zero-order valence-electron chi connectivity index (χ0n) is 19.7. The summed E-state index contributed by atoms with van der Waals surface area (Å²) in [6, 6.07) is 19.5. The van der Waals surface area contributed by atoms with Crippen molar-refractivity contribution in [2.45, 2.75) is 64.9 Å². The number of benzene rings is 2. The number of pyridine rings is 1. The molecular weight excluding hydrogens is 410 g/mol. The first-order valence-electron chi connectivity index (χ1n) is 12.1. The molecule has 174 valence electrons. The van der Waals surface area contributed by atoms with Crippen molar-refractivity contribution in [1.82, 2.24) is 4.98 Å². The van der Waals surface area contributed by atoms with Gasteiger partial charge in [-0.05, 0) is 47.4 Å². The molecule has 0 unspecified atom stereocenters. The summed E-state index contributed by atoms with van der Waals surface area (Å²) in [7, 11) is 0. The number of ether oxygens (including phenoxy) is 2. The number of nitrogens with zero attached hydrogens (tertiary/aromatic N) is 1. The molecule has 0 aliphatic carbocycles. The molecule has 3 rings (SSSR count). The third-order valence-electron chi connectivity index (χ3n) is 5.63. The number of aromatic nitrogens is 1. The molecule has 0 saturated carbocycles. The summed E-state index contributed by atoms with van der Waals surface area (Å²) in [6.07, 6.45) is 12.7. The summed E-state index contributed by atoms with van der Waals surface area (Å²) in [5.74, 6) is 1.27. The number of hydrogen-bond acceptors (Lipinski definition) is 4. The number of unbranched alkanes of at least 4 members (excludes halogenated alkanes) is 7. The first kappa shape index (κ1) is 24.5. The lowest BCUT2D eigenvalue weighted by molar-refractivity contribution is 0.112. The molecule has 0 radical (unpaired) electrons. The minimum absolute atomic E-state index is 0.457. The van der Waals surface area contributed by atoms with Crippen LogP contribution in [0.4, 0.5) is 0 Å². The van der Waals surface area contributed by atoms with E-state index in [-0.39, 0.29) is 0 Å². The van der Waals surface area contributed by atoms with Gasteiger partial charge in [0.05, 0.1) is 6.61 Å². The van der Waals surface area contributed by atoms with Gasteiger partial charge in [0.2, 0.25) is 5.88 Å². The zero-order chi connectivity index (χ0) is 23.1. The highest BCUT2D eigenvalue weighted by Gasteiger charge is 2.07. The van der Waals surface area contributed by atoms with Crippen molar-refractivity contribution in [3.63, 3.8) is 0 Å². The molecule has 0 bridgehead atoms. The molecule has 0 fully saturated rings. The fourth-order valence-electron chi connectivity index (χ4n) is 3.77. The zero-order valence-corrected chi connectivity index (χ0v) is 19.7. The Bertz CT molecular complexity index is 972. The van der Waals surface area contributed by atoms with Crippen molar-refractivity contribution in [3.05, 3.63) is 78.0 Å². The largest absolute Gasteiger partial charge is 0.494 e. The first-order chi connectivity index (χ1) is 16.3. The Hall–Kier alpha value is -3.14. The van der Waals surface area contributed by atoms with Crippen LogP contribution >= 0.6 is 0 Å². The second-order valence-electron chi connectivity index (χ2n) is 8.39. The van der Waals surface area contributed by atoms with E-state index in [2.05, 4.69) is 11.9 Å². The van der Waals surface area contributed by atoms with Gasteiger partial charge in [0.15, 0.2) is 0 Å². The summed E-state index contributed by atoms with van der Waals surface area (Å²) in [5.41, 5.74) is 3.54. The van der Waals surface area contributed by atoms with Crippen LogP contribution in [0.2, 0.25) is 0 Å². The highest BCUT2D eigenvalue weighted by molar-refractivity contribution is 5.80. The van der Waals surface area contributed by atoms with Crippen LogP contribution in [0.25, 0.3) is 11.1 Å². The Morgan fingerprint density at radius 1 is 0.788 bits per heavy atom. The van der Waals surface area contributed by atoms with E-state index in [0.717, 1.165) is 35.1 Å². The molecule has 4 nitrogen and oxygen atoms in total. The number of hydrogen-bond donors (Lipinski definition) is 0. The minimum atomic E-state index is 0.457. The van der Waals surface area contributed by atoms with Gasteiger partial charge in [0.1, 0.15) is 18.6 Å². The van der Waals surface area contributed by atoms with E-state index in [0.29, 0.717) is 24.7 Å². The van der Waals surface area contributed by atoms with Crippen molar-refractivity contribution >= 4 is 6.29 Å². The maximum Gasteiger partial charge on any atom is 0.214 e. The van der Waals surface area contributed by atoms with Crippen LogP contribution in [0.1, 0.15) is 74.2 Å². The molecule has 0 amide bonds. The Labute approximate surface area is 198 Å². The summed E-state index contributed by atoms with van der Waals surface area (Å²) >= 11 is 0. The predicted molar refractivity (Wildman–Crippen MR) is 134 cm³/mol. The summed E-state index contributed by atoms with van der Waals surface area (Å²) < 4.78 is 11.8. The SMILES string of the molecule is CCCCCCCCCCOc1cc(C=O)cc(-c2ccnc(OCc3ccccc3)c2)c1. The van der Waals surface area contributed by atoms with Gasteiger partial charge in [0.25, 0.3) is 0 Å². The fourth-order valence-corrected chi connectivity index (χ4v) is 3.77. The third kappa shape index (κ3) is 8.72. The number of rotatable bonds is 15. The topological polar surface area (TPSA) is 48.4 Å². The molecule has 0 aliphatic rings. The van der Waals surface area contributed by atoms with E-state index >= 15 is 0 Å². The fraction of sp³-hybridized carbons (Fsp3) is 0.379. The van der Waals surface area contributed by atoms with Crippen molar-refractivity contribution in [2.24, 2.45) is 0 Å². The van der Waals surface area contributed by atoms with Crippen LogP contribution < -0.4 is 9.47 Å². The first-order valence-corrected chi connectivity index (χ1v) is 12.1. The normalized spacial score (nSPS) is 10.7. The summed E-state index contributed by atoms with van der Waals surface area (Å²) in [6.45, 7) is 3.37. The Balaban J connectivity index is 1.55. The lowest BCUT2D eigenvalue weighted by atomic mass is 10.0. The molecule has 0 atom stereocenters. The molecule has 1 aromatic heterocycles. The molecule has 0 aliphatic heterocycles. The highest BCUT2D eigenvalue weighted by Crippen LogP contribution is 2.28. The quantitative estimate of drug-likeness (QED) is 0.178. The van der Waals surface area contributed by atoms with Crippen molar-refractivity contribution < 1.29 is 14.3 Å². The van der Waals surface area contributed by atoms with Gasteiger partial charge in [-0.2, -0.15) is 0 Å². The molecule has 0 spiro atoms. The second kappa shape index (κ2) is 14.1. The van der Waals surface area contributed by atoms with Gasteiger partial charge >= 0.3 is 0 Å². The molecule has 3 aromatic rings. The smallest absolute Gasteiger partial charge is 0.214 e. The van der Waals surface area contributed by atoms with Crippen molar-refractivity contribution in [1.29, 1.82) is 0 Å². The van der Waals surface area contributed by atoms with Gasteiger partial charge in [-0.15, -0.1) is 0 Å². The van der Waals surface area contributed by atoms with Crippen LogP contribution in [-0.2, 0) is 6.61 Å². The Morgan fingerprint density at radius 3 is 2.30 bits per heavy atom. The van der Waals surface area contributed by atoms with Crippen LogP contribution in [0.15, 0.2) is 66.9 Å². The van der Waals surface area contributed by atoms with E-state index in [1.807, 2.05) is 54.6 Å². The van der Waals surface area contributed by atoms with Gasteiger partial charge in [-0.3, -0.25) is 4.79 Å². The van der Waals surface area contributed by atoms with E-state index in [1.54, 1.807) is 12.3 Å². The molecule has 0 saturated heterocycles. The maximum absolute atomic E-state index is 11.5. The van der Waals surface area contributed by atoms with Gasteiger partial charge in [-0.1, -0.05) is 82.2 Å². The molecule has 33 heavy (non-hydrogen) atoms. The van der Waals surface area contributed by atoms with Crippen LogP contribution in [0.3, 0.4) is 0 Å². The lowest BCUT2D eigenvalue weighted by Crippen LogP contribution is -1.99. The highest BCUT2D eigenvalue weighted by atomic mass is 16.5. The summed E-state index contributed by atoms with van der Waals surface area (Å²) in [5, 5.41) is 0. The molecule has 2 aromatic carbocycles. The average molecular weight is 446 g/mol. The van der Waals surface area contributed by atoms with Crippen molar-refractivity contribution in [2.75, 3.05) is 6.61 Å². The monoisotopic (exact) mass is 445 g/mol. The van der Waals surface area contributed by atoms with Crippen LogP contribution in [0, 0.1) is 0 Å². The third-order valence-corrected chi connectivity index (χ3v) is 5.63. The lowest BCUT2D eigenvalue weighted by Gasteiger charge is -2.11. The summed E-state index contributed by atoms with van der Waals surface area (Å²) in [4.78, 5) is 15.8. The number of carbonyl (C=O) groups excluding carboxylic acids is 1. The van der Waals surface area contributed by atoms with E-state index < -0.39 is 0 Å². The van der Waals surface area contributed by atoms with Crippen molar-refractivity contribution in [3.8, 4) is 22.8 Å². The molecule has 1 heterocycles. The Kier molecular flexibility index (Phi) is 10.5. The van der Waals surface area contributed by atoms with Gasteiger partial charge in [0, 0.05) is 17.8 Å². The van der Waals surface area contributed by atoms with E-state index in [4.69, 9.17) is 9.47 Å². The second-order valence-corrected chi connectivity index (χ2v) is 8.39. The van der Waals surface area contributed by atoms with E-state index in [9.17, 15) is 4.79 Å².